The first-order valence-electron chi connectivity index (χ1n) is 8.53. The fourth-order valence-corrected chi connectivity index (χ4v) is 2.71. The highest BCUT2D eigenvalue weighted by Crippen LogP contribution is 2.28. The van der Waals surface area contributed by atoms with Gasteiger partial charge in [-0.3, -0.25) is 9.59 Å². The van der Waals surface area contributed by atoms with Crippen LogP contribution >= 0.6 is 0 Å². The molecule has 1 saturated heterocycles. The number of carbonyl (C=O) groups is 2. The number of cyclic esters (lactones) is 1. The first-order chi connectivity index (χ1) is 11.1. The molecule has 0 spiro atoms. The predicted octanol–water partition coefficient (Wildman–Crippen LogP) is 2.50. The van der Waals surface area contributed by atoms with Crippen LogP contribution in [0.25, 0.3) is 0 Å². The lowest BCUT2D eigenvalue weighted by Gasteiger charge is -2.20. The summed E-state index contributed by atoms with van der Waals surface area (Å²) in [6, 6.07) is -0.553. The van der Waals surface area contributed by atoms with E-state index < -0.39 is 12.1 Å². The Labute approximate surface area is 138 Å². The molecule has 5 heteroatoms. The van der Waals surface area contributed by atoms with E-state index in [9.17, 15) is 14.7 Å². The lowest BCUT2D eigenvalue weighted by Crippen LogP contribution is -2.45. The highest BCUT2D eigenvalue weighted by molar-refractivity contribution is 5.88. The number of unbranched alkanes of at least 4 members (excludes halogenated alkanes) is 3. The largest absolute Gasteiger partial charge is 0.460 e. The molecule has 0 aromatic rings. The molecule has 1 aliphatic rings. The van der Waals surface area contributed by atoms with Gasteiger partial charge >= 0.3 is 5.97 Å². The predicted molar refractivity (Wildman–Crippen MR) is 89.7 cm³/mol. The summed E-state index contributed by atoms with van der Waals surface area (Å²) in [6.45, 7) is 3.76. The number of amides is 1. The summed E-state index contributed by atoms with van der Waals surface area (Å²) in [5.74, 6) is -0.616. The minimum atomic E-state index is -0.553. The molecular weight excluding hydrogens is 294 g/mol. The van der Waals surface area contributed by atoms with E-state index in [1.54, 1.807) is 12.2 Å². The van der Waals surface area contributed by atoms with E-state index >= 15 is 0 Å². The van der Waals surface area contributed by atoms with Gasteiger partial charge in [0.15, 0.2) is 0 Å². The number of ether oxygens (including phenoxy) is 1. The summed E-state index contributed by atoms with van der Waals surface area (Å²) < 4.78 is 5.36. The maximum Gasteiger partial charge on any atom is 0.309 e. The van der Waals surface area contributed by atoms with Crippen molar-refractivity contribution in [2.75, 3.05) is 6.61 Å². The maximum atomic E-state index is 11.9. The third-order valence-corrected chi connectivity index (χ3v) is 4.05. The second-order valence-electron chi connectivity index (χ2n) is 5.94. The number of aliphatic hydroxyl groups excluding tert-OH is 1. The molecule has 0 saturated carbocycles. The summed E-state index contributed by atoms with van der Waals surface area (Å²) in [7, 11) is 0. The summed E-state index contributed by atoms with van der Waals surface area (Å²) in [4.78, 5) is 23.7. The van der Waals surface area contributed by atoms with Crippen molar-refractivity contribution < 1.29 is 19.4 Å². The first kappa shape index (κ1) is 19.4. The number of allylic oxidation sites excluding steroid dienone is 3. The zero-order chi connectivity index (χ0) is 17.1. The number of carbonyl (C=O) groups excluding carboxylic acids is 2. The molecule has 0 aromatic carbocycles. The number of nitrogens with one attached hydrogen (secondary N) is 1. The highest BCUT2D eigenvalue weighted by atomic mass is 16.6. The SMILES string of the molecule is CC=CC=CC(=O)N[C@@H](CO)[C@H]1CC(CCCCCC)C(=O)O1. The monoisotopic (exact) mass is 323 g/mol. The number of aliphatic hydroxyl groups is 1. The fourth-order valence-electron chi connectivity index (χ4n) is 2.71. The normalized spacial score (nSPS) is 22.7. The molecule has 5 nitrogen and oxygen atoms in total. The zero-order valence-electron chi connectivity index (χ0n) is 14.2. The van der Waals surface area contributed by atoms with E-state index in [0.29, 0.717) is 6.42 Å². The molecule has 1 amide bonds. The Morgan fingerprint density at radius 1 is 1.39 bits per heavy atom. The molecular formula is C18H29NO4. The molecule has 3 atom stereocenters. The molecule has 2 N–H and O–H groups in total. The zero-order valence-corrected chi connectivity index (χ0v) is 14.2. The van der Waals surface area contributed by atoms with Crippen molar-refractivity contribution in [3.63, 3.8) is 0 Å². The van der Waals surface area contributed by atoms with Crippen molar-refractivity contribution in [3.8, 4) is 0 Å². The molecule has 0 aromatic heterocycles. The van der Waals surface area contributed by atoms with Crippen molar-refractivity contribution in [1.82, 2.24) is 5.32 Å². The van der Waals surface area contributed by atoms with Crippen LogP contribution in [-0.2, 0) is 14.3 Å². The molecule has 1 heterocycles. The van der Waals surface area contributed by atoms with Crippen LogP contribution in [0, 0.1) is 5.92 Å². The van der Waals surface area contributed by atoms with E-state index in [2.05, 4.69) is 12.2 Å². The van der Waals surface area contributed by atoms with Crippen LogP contribution in [0.4, 0.5) is 0 Å². The van der Waals surface area contributed by atoms with E-state index in [1.165, 1.54) is 12.5 Å². The molecule has 0 bridgehead atoms. The van der Waals surface area contributed by atoms with Gasteiger partial charge in [-0.25, -0.2) is 0 Å². The summed E-state index contributed by atoms with van der Waals surface area (Å²) in [5.41, 5.74) is 0. The van der Waals surface area contributed by atoms with Crippen LogP contribution in [-0.4, -0.2) is 35.7 Å². The van der Waals surface area contributed by atoms with Crippen molar-refractivity contribution in [1.29, 1.82) is 0 Å². The van der Waals surface area contributed by atoms with Crippen molar-refractivity contribution in [3.05, 3.63) is 24.3 Å². The lowest BCUT2D eigenvalue weighted by molar-refractivity contribution is -0.146. The van der Waals surface area contributed by atoms with Crippen LogP contribution in [0.15, 0.2) is 24.3 Å². The molecule has 23 heavy (non-hydrogen) atoms. The minimum Gasteiger partial charge on any atom is -0.460 e. The fraction of sp³-hybridized carbons (Fsp3) is 0.667. The van der Waals surface area contributed by atoms with Gasteiger partial charge in [0.25, 0.3) is 0 Å². The van der Waals surface area contributed by atoms with Gasteiger partial charge in [-0.15, -0.1) is 0 Å². The number of rotatable bonds is 10. The third kappa shape index (κ3) is 6.99. The number of esters is 1. The van der Waals surface area contributed by atoms with E-state index in [4.69, 9.17) is 4.74 Å². The van der Waals surface area contributed by atoms with E-state index in [-0.39, 0.29) is 24.4 Å². The molecule has 1 unspecified atom stereocenters. The van der Waals surface area contributed by atoms with Crippen LogP contribution < -0.4 is 5.32 Å². The van der Waals surface area contributed by atoms with E-state index in [0.717, 1.165) is 25.7 Å². The average Bonchev–Trinajstić information content (AvgIpc) is 2.90. The molecule has 0 radical (unpaired) electrons. The quantitative estimate of drug-likeness (QED) is 0.280. The summed E-state index contributed by atoms with van der Waals surface area (Å²) in [6.07, 6.45) is 12.0. The van der Waals surface area contributed by atoms with Gasteiger partial charge in [-0.05, 0) is 19.8 Å². The Hall–Kier alpha value is -1.62. The average molecular weight is 323 g/mol. The van der Waals surface area contributed by atoms with Crippen molar-refractivity contribution in [2.45, 2.75) is 64.5 Å². The minimum absolute atomic E-state index is 0.110. The molecule has 1 fully saturated rings. The van der Waals surface area contributed by atoms with Crippen LogP contribution in [0.1, 0.15) is 52.4 Å². The van der Waals surface area contributed by atoms with Gasteiger partial charge in [0, 0.05) is 6.08 Å². The van der Waals surface area contributed by atoms with Gasteiger partial charge in [0.1, 0.15) is 6.10 Å². The second kappa shape index (κ2) is 11.0. The Morgan fingerprint density at radius 2 is 2.17 bits per heavy atom. The molecule has 1 aliphatic heterocycles. The van der Waals surface area contributed by atoms with Crippen LogP contribution in [0.3, 0.4) is 0 Å². The van der Waals surface area contributed by atoms with Gasteiger partial charge in [0.05, 0.1) is 18.6 Å². The number of hydrogen-bond donors (Lipinski definition) is 2. The maximum absolute atomic E-state index is 11.9. The summed E-state index contributed by atoms with van der Waals surface area (Å²) >= 11 is 0. The molecule has 1 rings (SSSR count). The van der Waals surface area contributed by atoms with Crippen LogP contribution in [0.5, 0.6) is 0 Å². The Morgan fingerprint density at radius 3 is 2.83 bits per heavy atom. The van der Waals surface area contributed by atoms with Crippen LogP contribution in [0.2, 0.25) is 0 Å². The van der Waals surface area contributed by atoms with Crippen molar-refractivity contribution >= 4 is 11.9 Å². The Balaban J connectivity index is 2.46. The van der Waals surface area contributed by atoms with E-state index in [1.807, 2.05) is 13.0 Å². The Kier molecular flexibility index (Phi) is 9.29. The van der Waals surface area contributed by atoms with Gasteiger partial charge in [0.2, 0.25) is 5.91 Å². The second-order valence-corrected chi connectivity index (χ2v) is 5.94. The first-order valence-corrected chi connectivity index (χ1v) is 8.53. The molecule has 130 valence electrons. The van der Waals surface area contributed by atoms with Gasteiger partial charge in [-0.2, -0.15) is 0 Å². The van der Waals surface area contributed by atoms with Gasteiger partial charge < -0.3 is 15.2 Å². The van der Waals surface area contributed by atoms with Crippen molar-refractivity contribution in [2.24, 2.45) is 5.92 Å². The number of hydrogen-bond acceptors (Lipinski definition) is 4. The highest BCUT2D eigenvalue weighted by Gasteiger charge is 2.38. The molecule has 0 aliphatic carbocycles. The topological polar surface area (TPSA) is 75.6 Å². The third-order valence-electron chi connectivity index (χ3n) is 4.05. The smallest absolute Gasteiger partial charge is 0.309 e. The standard InChI is InChI=1S/C18H29NO4/c1-3-5-7-9-10-14-12-16(23-18(14)22)15(13-20)19-17(21)11-8-6-4-2/h4,6,8,11,14-16,20H,3,5,7,9-10,12-13H2,1-2H3,(H,19,21)/t14?,15-,16+/m0/s1. The Bertz CT molecular complexity index is 431. The van der Waals surface area contributed by atoms with Gasteiger partial charge in [-0.1, -0.05) is 50.8 Å². The summed E-state index contributed by atoms with van der Waals surface area (Å²) in [5, 5.41) is 12.2. The lowest BCUT2D eigenvalue weighted by atomic mass is 9.95.